The first-order valence-electron chi connectivity index (χ1n) is 5.60. The van der Waals surface area contributed by atoms with Crippen molar-refractivity contribution in [1.29, 1.82) is 0 Å². The lowest BCUT2D eigenvalue weighted by Gasteiger charge is -2.11. The van der Waals surface area contributed by atoms with Crippen LogP contribution in [-0.2, 0) is 0 Å². The molecule has 4 nitrogen and oxygen atoms in total. The molecule has 0 atom stereocenters. The maximum atomic E-state index is 13.1. The molecule has 1 aromatic heterocycles. The Hall–Kier alpha value is -1.85. The van der Waals surface area contributed by atoms with Crippen LogP contribution < -0.4 is 10.6 Å². The van der Waals surface area contributed by atoms with E-state index < -0.39 is 11.7 Å². The summed E-state index contributed by atoms with van der Waals surface area (Å²) in [4.78, 5) is 16.1. The molecule has 0 saturated heterocycles. The summed E-state index contributed by atoms with van der Waals surface area (Å²) in [7, 11) is 1.68. The number of carbonyl (C=O) groups is 1. The number of benzene rings is 1. The van der Waals surface area contributed by atoms with Gasteiger partial charge < -0.3 is 10.6 Å². The Morgan fingerprint density at radius 2 is 1.95 bits per heavy atom. The van der Waals surface area contributed by atoms with Crippen LogP contribution >= 0.6 is 23.2 Å². The summed E-state index contributed by atoms with van der Waals surface area (Å²) >= 11 is 11.7. The number of nitrogens with one attached hydrogen (secondary N) is 2. The standard InChI is InChI=1S/C13H10Cl2FN3O/c1-17-11-2-3-18-6-8(11)13(20)19-12-9(14)4-7(16)5-10(12)15/h2-6H,1H3,(H,17,18)(H,19,20). The van der Waals surface area contributed by atoms with Gasteiger partial charge >= 0.3 is 0 Å². The second-order valence-corrected chi connectivity index (χ2v) is 4.68. The number of halogens is 3. The van der Waals surface area contributed by atoms with Crippen LogP contribution in [0.25, 0.3) is 0 Å². The Morgan fingerprint density at radius 3 is 2.55 bits per heavy atom. The molecule has 0 aliphatic heterocycles. The van der Waals surface area contributed by atoms with Crippen molar-refractivity contribution in [2.75, 3.05) is 17.7 Å². The molecule has 2 rings (SSSR count). The molecule has 1 aromatic carbocycles. The second kappa shape index (κ2) is 6.07. The normalized spacial score (nSPS) is 10.2. The highest BCUT2D eigenvalue weighted by molar-refractivity contribution is 6.40. The maximum absolute atomic E-state index is 13.1. The fourth-order valence-corrected chi connectivity index (χ4v) is 2.19. The fraction of sp³-hybridized carbons (Fsp3) is 0.0769. The molecule has 0 radical (unpaired) electrons. The number of nitrogens with zero attached hydrogens (tertiary/aromatic N) is 1. The van der Waals surface area contributed by atoms with E-state index in [4.69, 9.17) is 23.2 Å². The first kappa shape index (κ1) is 14.6. The Bertz CT molecular complexity index is 641. The zero-order valence-corrected chi connectivity index (χ0v) is 11.9. The Balaban J connectivity index is 2.33. The number of anilines is 2. The number of pyridine rings is 1. The highest BCUT2D eigenvalue weighted by atomic mass is 35.5. The monoisotopic (exact) mass is 313 g/mol. The van der Waals surface area contributed by atoms with Crippen LogP contribution in [0.5, 0.6) is 0 Å². The number of rotatable bonds is 3. The molecule has 0 bridgehead atoms. The third kappa shape index (κ3) is 3.00. The molecule has 0 aliphatic rings. The van der Waals surface area contributed by atoms with Gasteiger partial charge in [-0.05, 0) is 18.2 Å². The smallest absolute Gasteiger partial charge is 0.259 e. The Labute approximate surface area is 124 Å². The van der Waals surface area contributed by atoms with E-state index in [1.54, 1.807) is 19.3 Å². The van der Waals surface area contributed by atoms with Crippen LogP contribution in [0.1, 0.15) is 10.4 Å². The van der Waals surface area contributed by atoms with Crippen molar-refractivity contribution in [3.63, 3.8) is 0 Å². The summed E-state index contributed by atoms with van der Waals surface area (Å²) < 4.78 is 13.1. The molecular formula is C13H10Cl2FN3O. The molecule has 20 heavy (non-hydrogen) atoms. The third-order valence-electron chi connectivity index (χ3n) is 2.58. The number of hydrogen-bond acceptors (Lipinski definition) is 3. The number of carbonyl (C=O) groups excluding carboxylic acids is 1. The number of amides is 1. The molecule has 0 saturated carbocycles. The average molecular weight is 314 g/mol. The van der Waals surface area contributed by atoms with Gasteiger partial charge in [0.1, 0.15) is 5.82 Å². The van der Waals surface area contributed by atoms with Gasteiger partial charge in [0.15, 0.2) is 0 Å². The lowest BCUT2D eigenvalue weighted by Crippen LogP contribution is -2.15. The van der Waals surface area contributed by atoms with Gasteiger partial charge in [0.2, 0.25) is 0 Å². The molecule has 1 amide bonds. The van der Waals surface area contributed by atoms with E-state index in [1.165, 1.54) is 6.20 Å². The molecule has 104 valence electrons. The minimum absolute atomic E-state index is 0.0262. The van der Waals surface area contributed by atoms with Gasteiger partial charge in [-0.1, -0.05) is 23.2 Å². The van der Waals surface area contributed by atoms with Gasteiger partial charge in [-0.2, -0.15) is 0 Å². The van der Waals surface area contributed by atoms with E-state index in [0.717, 1.165) is 12.1 Å². The van der Waals surface area contributed by atoms with Gasteiger partial charge in [0.25, 0.3) is 5.91 Å². The van der Waals surface area contributed by atoms with Crippen molar-refractivity contribution in [1.82, 2.24) is 4.98 Å². The van der Waals surface area contributed by atoms with E-state index in [1.807, 2.05) is 0 Å². The lowest BCUT2D eigenvalue weighted by atomic mass is 10.2. The summed E-state index contributed by atoms with van der Waals surface area (Å²) in [6.07, 6.45) is 2.97. The first-order valence-corrected chi connectivity index (χ1v) is 6.36. The highest BCUT2D eigenvalue weighted by Crippen LogP contribution is 2.32. The SMILES string of the molecule is CNc1ccncc1C(=O)Nc1c(Cl)cc(F)cc1Cl. The van der Waals surface area contributed by atoms with Crippen molar-refractivity contribution >= 4 is 40.5 Å². The summed E-state index contributed by atoms with van der Waals surface area (Å²) in [5, 5.41) is 5.47. The summed E-state index contributed by atoms with van der Waals surface area (Å²) in [6.45, 7) is 0. The second-order valence-electron chi connectivity index (χ2n) is 3.87. The first-order chi connectivity index (χ1) is 9.52. The Morgan fingerprint density at radius 1 is 1.30 bits per heavy atom. The number of hydrogen-bond donors (Lipinski definition) is 2. The number of aromatic nitrogens is 1. The van der Waals surface area contributed by atoms with Crippen molar-refractivity contribution < 1.29 is 9.18 Å². The summed E-state index contributed by atoms with van der Waals surface area (Å²) in [5.74, 6) is -1.02. The topological polar surface area (TPSA) is 54.0 Å². The van der Waals surface area contributed by atoms with Crippen LogP contribution in [0, 0.1) is 5.82 Å². The van der Waals surface area contributed by atoms with Crippen LogP contribution in [-0.4, -0.2) is 17.9 Å². The molecule has 0 fully saturated rings. The molecular weight excluding hydrogens is 304 g/mol. The molecule has 2 N–H and O–H groups in total. The van der Waals surface area contributed by atoms with Crippen LogP contribution in [0.15, 0.2) is 30.6 Å². The van der Waals surface area contributed by atoms with Crippen molar-refractivity contribution in [3.8, 4) is 0 Å². The van der Waals surface area contributed by atoms with Crippen LogP contribution in [0.2, 0.25) is 10.0 Å². The largest absolute Gasteiger partial charge is 0.387 e. The molecule has 0 aliphatic carbocycles. The van der Waals surface area contributed by atoms with E-state index in [0.29, 0.717) is 11.3 Å². The predicted molar refractivity (Wildman–Crippen MR) is 78.2 cm³/mol. The van der Waals surface area contributed by atoms with Crippen molar-refractivity contribution in [2.24, 2.45) is 0 Å². The molecule has 7 heteroatoms. The zero-order chi connectivity index (χ0) is 14.7. The quantitative estimate of drug-likeness (QED) is 0.905. The maximum Gasteiger partial charge on any atom is 0.259 e. The van der Waals surface area contributed by atoms with E-state index in [9.17, 15) is 9.18 Å². The zero-order valence-electron chi connectivity index (χ0n) is 10.4. The van der Waals surface area contributed by atoms with E-state index in [-0.39, 0.29) is 15.7 Å². The Kier molecular flexibility index (Phi) is 4.42. The summed E-state index contributed by atoms with van der Waals surface area (Å²) in [6, 6.07) is 3.80. The third-order valence-corrected chi connectivity index (χ3v) is 3.18. The van der Waals surface area contributed by atoms with Gasteiger partial charge in [0, 0.05) is 25.1 Å². The van der Waals surface area contributed by atoms with Gasteiger partial charge in [0.05, 0.1) is 21.3 Å². The van der Waals surface area contributed by atoms with E-state index >= 15 is 0 Å². The molecule has 1 heterocycles. The minimum atomic E-state index is -0.574. The summed E-state index contributed by atoms with van der Waals surface area (Å²) in [5.41, 5.74) is 1.09. The van der Waals surface area contributed by atoms with Gasteiger partial charge in [-0.15, -0.1) is 0 Å². The molecule has 2 aromatic rings. The van der Waals surface area contributed by atoms with Crippen LogP contribution in [0.4, 0.5) is 15.8 Å². The van der Waals surface area contributed by atoms with Crippen molar-refractivity contribution in [3.05, 3.63) is 52.0 Å². The molecule has 0 spiro atoms. The van der Waals surface area contributed by atoms with Crippen LogP contribution in [0.3, 0.4) is 0 Å². The highest BCUT2D eigenvalue weighted by Gasteiger charge is 2.15. The van der Waals surface area contributed by atoms with Gasteiger partial charge in [-0.25, -0.2) is 4.39 Å². The van der Waals surface area contributed by atoms with Crippen molar-refractivity contribution in [2.45, 2.75) is 0 Å². The average Bonchev–Trinajstić information content (AvgIpc) is 2.42. The predicted octanol–water partition coefficient (Wildman–Crippen LogP) is 3.82. The van der Waals surface area contributed by atoms with E-state index in [2.05, 4.69) is 15.6 Å². The van der Waals surface area contributed by atoms with Gasteiger partial charge in [-0.3, -0.25) is 9.78 Å². The minimum Gasteiger partial charge on any atom is -0.387 e. The lowest BCUT2D eigenvalue weighted by molar-refractivity contribution is 0.102. The molecule has 0 unspecified atom stereocenters. The fourth-order valence-electron chi connectivity index (χ4n) is 1.64.